The van der Waals surface area contributed by atoms with Gasteiger partial charge >= 0.3 is 0 Å². The minimum absolute atomic E-state index is 0.0110. The number of rotatable bonds is 8. The lowest BCUT2D eigenvalue weighted by Crippen LogP contribution is -2.35. The Hall–Kier alpha value is -3.91. The van der Waals surface area contributed by atoms with Gasteiger partial charge in [0.2, 0.25) is 5.91 Å². The number of hydrogen-bond acceptors (Lipinski definition) is 5. The summed E-state index contributed by atoms with van der Waals surface area (Å²) in [4.78, 5) is 31.1. The van der Waals surface area contributed by atoms with E-state index in [2.05, 4.69) is 15.3 Å². The maximum atomic E-state index is 13.1. The Morgan fingerprint density at radius 3 is 2.24 bits per heavy atom. The van der Waals surface area contributed by atoms with E-state index in [4.69, 9.17) is 0 Å². The van der Waals surface area contributed by atoms with Crippen LogP contribution in [0.4, 0.5) is 5.69 Å². The number of thioether (sulfide) groups is 1. The van der Waals surface area contributed by atoms with Gasteiger partial charge in [-0.25, -0.2) is 4.98 Å². The number of carbonyl (C=O) groups excluding carboxylic acids is 1. The van der Waals surface area contributed by atoms with Gasteiger partial charge < -0.3 is 10.3 Å². The molecule has 33 heavy (non-hydrogen) atoms. The predicted octanol–water partition coefficient (Wildman–Crippen LogP) is 5.37. The third kappa shape index (κ3) is 5.48. The van der Waals surface area contributed by atoms with E-state index in [0.29, 0.717) is 16.4 Å². The first-order chi connectivity index (χ1) is 16.0. The van der Waals surface area contributed by atoms with Crippen LogP contribution in [0.5, 0.6) is 0 Å². The number of H-pyrrole nitrogens is 1. The normalized spacial score (nSPS) is 11.8. The number of aromatic nitrogens is 2. The van der Waals surface area contributed by atoms with E-state index in [-0.39, 0.29) is 17.6 Å². The fraction of sp³-hybridized carbons (Fsp3) is 0.120. The number of hydrogen-bond donors (Lipinski definition) is 2. The fourth-order valence-corrected chi connectivity index (χ4v) is 4.22. The number of nitrogens with one attached hydrogen (secondary N) is 2. The van der Waals surface area contributed by atoms with Crippen LogP contribution in [-0.2, 0) is 4.79 Å². The number of carbonyl (C=O) groups is 1. The highest BCUT2D eigenvalue weighted by molar-refractivity contribution is 8.00. The molecule has 1 atom stereocenters. The van der Waals surface area contributed by atoms with Gasteiger partial charge in [0.25, 0.3) is 5.69 Å². The molecule has 0 saturated carbocycles. The van der Waals surface area contributed by atoms with Gasteiger partial charge in [-0.2, -0.15) is 0 Å². The molecule has 0 unspecified atom stereocenters. The highest BCUT2D eigenvalue weighted by Crippen LogP contribution is 2.28. The van der Waals surface area contributed by atoms with Gasteiger partial charge in [-0.15, -0.1) is 0 Å². The quantitative estimate of drug-likeness (QED) is 0.210. The topological polar surface area (TPSA) is 101 Å². The molecule has 2 N–H and O–H groups in total. The zero-order valence-electron chi connectivity index (χ0n) is 17.8. The minimum atomic E-state index is -0.433. The smallest absolute Gasteiger partial charge is 0.270 e. The summed E-state index contributed by atoms with van der Waals surface area (Å²) in [7, 11) is 0. The zero-order valence-corrected chi connectivity index (χ0v) is 18.7. The van der Waals surface area contributed by atoms with Crippen LogP contribution >= 0.6 is 11.8 Å². The molecular formula is C25H22N4O3S. The number of nitro benzene ring substituents is 1. The molecule has 1 amide bonds. The summed E-state index contributed by atoms with van der Waals surface area (Å²) in [5, 5.41) is 14.3. The Balaban J connectivity index is 1.47. The van der Waals surface area contributed by atoms with Crippen molar-refractivity contribution in [2.75, 3.05) is 0 Å². The second-order valence-electron chi connectivity index (χ2n) is 7.43. The SMILES string of the molecule is C[C@H](Sc1ncc(-c2cccc([N+](=O)[O-])c2)[nH]1)C(=O)NC(c1ccccc1)c1ccccc1. The van der Waals surface area contributed by atoms with Crippen molar-refractivity contribution in [2.24, 2.45) is 0 Å². The van der Waals surface area contributed by atoms with Gasteiger partial charge in [0, 0.05) is 17.7 Å². The fourth-order valence-electron chi connectivity index (χ4n) is 3.43. The summed E-state index contributed by atoms with van der Waals surface area (Å²) in [5.74, 6) is -0.119. The molecule has 0 aliphatic rings. The Kier molecular flexibility index (Phi) is 6.85. The monoisotopic (exact) mass is 458 g/mol. The van der Waals surface area contributed by atoms with E-state index in [1.165, 1.54) is 23.9 Å². The van der Waals surface area contributed by atoms with E-state index >= 15 is 0 Å². The van der Waals surface area contributed by atoms with Crippen LogP contribution in [0.2, 0.25) is 0 Å². The Morgan fingerprint density at radius 2 is 1.64 bits per heavy atom. The Labute approximate surface area is 195 Å². The van der Waals surface area contributed by atoms with Crippen molar-refractivity contribution >= 4 is 23.4 Å². The Morgan fingerprint density at radius 1 is 1.00 bits per heavy atom. The number of amides is 1. The highest BCUT2D eigenvalue weighted by Gasteiger charge is 2.22. The first kappa shape index (κ1) is 22.3. The van der Waals surface area contributed by atoms with Crippen LogP contribution in [0.1, 0.15) is 24.1 Å². The van der Waals surface area contributed by atoms with Gasteiger partial charge in [-0.1, -0.05) is 84.6 Å². The molecule has 1 heterocycles. The van der Waals surface area contributed by atoms with Crippen molar-refractivity contribution < 1.29 is 9.72 Å². The number of nitro groups is 1. The van der Waals surface area contributed by atoms with E-state index in [0.717, 1.165) is 11.1 Å². The van der Waals surface area contributed by atoms with E-state index in [1.54, 1.807) is 18.3 Å². The molecule has 1 aromatic heterocycles. The Bertz CT molecular complexity index is 1210. The number of nitrogens with zero attached hydrogens (tertiary/aromatic N) is 2. The lowest BCUT2D eigenvalue weighted by Gasteiger charge is -2.21. The van der Waals surface area contributed by atoms with Crippen LogP contribution in [0.15, 0.2) is 96.3 Å². The molecule has 0 spiro atoms. The molecule has 7 nitrogen and oxygen atoms in total. The van der Waals surface area contributed by atoms with Gasteiger partial charge in [0.05, 0.1) is 28.1 Å². The molecule has 8 heteroatoms. The molecule has 0 saturated heterocycles. The van der Waals surface area contributed by atoms with Crippen LogP contribution < -0.4 is 5.32 Å². The molecule has 0 radical (unpaired) electrons. The van der Waals surface area contributed by atoms with Gasteiger partial charge in [-0.05, 0) is 18.1 Å². The number of aromatic amines is 1. The lowest BCUT2D eigenvalue weighted by atomic mass is 9.98. The van der Waals surface area contributed by atoms with E-state index in [9.17, 15) is 14.9 Å². The second kappa shape index (κ2) is 10.1. The van der Waals surface area contributed by atoms with Crippen molar-refractivity contribution in [2.45, 2.75) is 23.4 Å². The van der Waals surface area contributed by atoms with Crippen molar-refractivity contribution in [1.29, 1.82) is 0 Å². The lowest BCUT2D eigenvalue weighted by molar-refractivity contribution is -0.384. The third-order valence-electron chi connectivity index (χ3n) is 5.13. The molecule has 0 aliphatic carbocycles. The number of benzene rings is 3. The van der Waals surface area contributed by atoms with Crippen LogP contribution in [0.3, 0.4) is 0 Å². The minimum Gasteiger partial charge on any atom is -0.344 e. The number of non-ortho nitro benzene ring substituents is 1. The van der Waals surface area contributed by atoms with E-state index in [1.807, 2.05) is 67.6 Å². The standard InChI is InChI=1S/C25H22N4O3S/c1-17(33-25-26-16-22(27-25)20-13-8-14-21(15-20)29(31)32)24(30)28-23(18-9-4-2-5-10-18)19-11-6-3-7-12-19/h2-17,23H,1H3,(H,26,27)(H,28,30)/t17-/m0/s1. The second-order valence-corrected chi connectivity index (χ2v) is 8.76. The van der Waals surface area contributed by atoms with Crippen LogP contribution in [0, 0.1) is 10.1 Å². The maximum Gasteiger partial charge on any atom is 0.270 e. The molecule has 0 fully saturated rings. The molecule has 3 aromatic carbocycles. The third-order valence-corrected chi connectivity index (χ3v) is 6.13. The highest BCUT2D eigenvalue weighted by atomic mass is 32.2. The van der Waals surface area contributed by atoms with E-state index < -0.39 is 10.2 Å². The first-order valence-corrected chi connectivity index (χ1v) is 11.3. The van der Waals surface area contributed by atoms with Gasteiger partial charge in [0.15, 0.2) is 5.16 Å². The summed E-state index contributed by atoms with van der Waals surface area (Å²) in [5.41, 5.74) is 3.33. The molecular weight excluding hydrogens is 436 g/mol. The molecule has 4 rings (SSSR count). The number of imidazole rings is 1. The van der Waals surface area contributed by atoms with Crippen molar-refractivity contribution in [1.82, 2.24) is 15.3 Å². The molecule has 166 valence electrons. The van der Waals surface area contributed by atoms with Crippen molar-refractivity contribution in [3.8, 4) is 11.3 Å². The molecule has 0 bridgehead atoms. The summed E-state index contributed by atoms with van der Waals surface area (Å²) >= 11 is 1.30. The maximum absolute atomic E-state index is 13.1. The van der Waals surface area contributed by atoms with Crippen LogP contribution in [-0.4, -0.2) is 26.0 Å². The van der Waals surface area contributed by atoms with Crippen molar-refractivity contribution in [3.05, 3.63) is 112 Å². The average molecular weight is 459 g/mol. The molecule has 0 aliphatic heterocycles. The van der Waals surface area contributed by atoms with Crippen LogP contribution in [0.25, 0.3) is 11.3 Å². The average Bonchev–Trinajstić information content (AvgIpc) is 3.32. The first-order valence-electron chi connectivity index (χ1n) is 10.4. The molecule has 4 aromatic rings. The summed E-state index contributed by atoms with van der Waals surface area (Å²) in [6.45, 7) is 1.82. The summed E-state index contributed by atoms with van der Waals surface area (Å²) < 4.78 is 0. The summed E-state index contributed by atoms with van der Waals surface area (Å²) in [6, 6.07) is 25.7. The van der Waals surface area contributed by atoms with Gasteiger partial charge in [-0.3, -0.25) is 14.9 Å². The summed E-state index contributed by atoms with van der Waals surface area (Å²) in [6.07, 6.45) is 1.61. The van der Waals surface area contributed by atoms with Gasteiger partial charge in [0.1, 0.15) is 0 Å². The largest absolute Gasteiger partial charge is 0.344 e. The zero-order chi connectivity index (χ0) is 23.2. The predicted molar refractivity (Wildman–Crippen MR) is 129 cm³/mol. The van der Waals surface area contributed by atoms with Crippen molar-refractivity contribution in [3.63, 3.8) is 0 Å².